The van der Waals surface area contributed by atoms with Crippen LogP contribution >= 0.6 is 12.4 Å². The van der Waals surface area contributed by atoms with Crippen LogP contribution in [0.5, 0.6) is 0 Å². The normalized spacial score (nSPS) is 11.3. The van der Waals surface area contributed by atoms with E-state index >= 15 is 0 Å². The van der Waals surface area contributed by atoms with Gasteiger partial charge in [-0.2, -0.15) is 0 Å². The predicted molar refractivity (Wildman–Crippen MR) is 90.5 cm³/mol. The minimum absolute atomic E-state index is 0. The Morgan fingerprint density at radius 2 is 1.70 bits per heavy atom. The van der Waals surface area contributed by atoms with Crippen molar-refractivity contribution in [1.29, 1.82) is 0 Å². The number of benzene rings is 2. The summed E-state index contributed by atoms with van der Waals surface area (Å²) in [5.74, 6) is -0.324. The van der Waals surface area contributed by atoms with Gasteiger partial charge in [0, 0.05) is 12.4 Å². The van der Waals surface area contributed by atoms with Crippen LogP contribution in [0.3, 0.4) is 0 Å². The van der Waals surface area contributed by atoms with Gasteiger partial charge in [0.1, 0.15) is 6.10 Å². The lowest BCUT2D eigenvalue weighted by Gasteiger charge is -2.19. The molecule has 1 heterocycles. The summed E-state index contributed by atoms with van der Waals surface area (Å²) in [6.07, 6.45) is 4.92. The standard InChI is InChI=1S/C18H16N2O2.ClH/c21-18(16-9-5-2-6-10-16)22-17(13-20-12-11-19-14-20)15-7-3-1-4-8-15;/h1-12,14,17H,13H2;1H. The fourth-order valence-electron chi connectivity index (χ4n) is 2.24. The van der Waals surface area contributed by atoms with E-state index in [2.05, 4.69) is 4.98 Å². The van der Waals surface area contributed by atoms with Crippen LogP contribution in [0.2, 0.25) is 0 Å². The van der Waals surface area contributed by atoms with Crippen molar-refractivity contribution in [3.05, 3.63) is 90.5 Å². The largest absolute Gasteiger partial charge is 0.452 e. The minimum Gasteiger partial charge on any atom is -0.452 e. The highest BCUT2D eigenvalue weighted by molar-refractivity contribution is 5.89. The molecule has 0 aliphatic rings. The third-order valence-corrected chi connectivity index (χ3v) is 3.37. The molecule has 1 atom stereocenters. The maximum atomic E-state index is 12.3. The van der Waals surface area contributed by atoms with Crippen LogP contribution in [0.15, 0.2) is 79.4 Å². The van der Waals surface area contributed by atoms with Crippen molar-refractivity contribution in [2.75, 3.05) is 0 Å². The Kier molecular flexibility index (Phi) is 5.94. The molecule has 1 unspecified atom stereocenters. The highest BCUT2D eigenvalue weighted by Crippen LogP contribution is 2.21. The topological polar surface area (TPSA) is 44.1 Å². The molecule has 118 valence electrons. The number of carbonyl (C=O) groups is 1. The van der Waals surface area contributed by atoms with Gasteiger partial charge in [0.05, 0.1) is 18.4 Å². The molecule has 4 nitrogen and oxygen atoms in total. The van der Waals surface area contributed by atoms with E-state index in [1.54, 1.807) is 24.7 Å². The van der Waals surface area contributed by atoms with Crippen LogP contribution in [0.25, 0.3) is 0 Å². The number of carbonyl (C=O) groups excluding carboxylic acids is 1. The fourth-order valence-corrected chi connectivity index (χ4v) is 2.24. The van der Waals surface area contributed by atoms with E-state index in [0.29, 0.717) is 12.1 Å². The molecule has 0 N–H and O–H groups in total. The molecule has 0 saturated heterocycles. The third kappa shape index (κ3) is 4.44. The maximum absolute atomic E-state index is 12.3. The van der Waals surface area contributed by atoms with E-state index in [1.165, 1.54) is 0 Å². The predicted octanol–water partition coefficient (Wildman–Crippen LogP) is 3.90. The molecule has 1 aromatic heterocycles. The SMILES string of the molecule is Cl.O=C(OC(Cn1ccnc1)c1ccccc1)c1ccccc1. The van der Waals surface area contributed by atoms with Crippen molar-refractivity contribution in [3.63, 3.8) is 0 Å². The molecule has 23 heavy (non-hydrogen) atoms. The van der Waals surface area contributed by atoms with Gasteiger partial charge in [0.15, 0.2) is 0 Å². The van der Waals surface area contributed by atoms with E-state index in [4.69, 9.17) is 4.74 Å². The number of hydrogen-bond acceptors (Lipinski definition) is 3. The number of hydrogen-bond donors (Lipinski definition) is 0. The van der Waals surface area contributed by atoms with Gasteiger partial charge in [-0.3, -0.25) is 0 Å². The van der Waals surface area contributed by atoms with Crippen molar-refractivity contribution in [2.45, 2.75) is 12.6 Å². The Bertz CT molecular complexity index is 715. The Balaban J connectivity index is 0.00000192. The first-order valence-corrected chi connectivity index (χ1v) is 7.09. The summed E-state index contributed by atoms with van der Waals surface area (Å²) in [4.78, 5) is 16.3. The molecule has 0 bridgehead atoms. The Morgan fingerprint density at radius 1 is 1.04 bits per heavy atom. The second-order valence-corrected chi connectivity index (χ2v) is 4.93. The van der Waals surface area contributed by atoms with Gasteiger partial charge in [-0.1, -0.05) is 48.5 Å². The monoisotopic (exact) mass is 328 g/mol. The maximum Gasteiger partial charge on any atom is 0.338 e. The number of rotatable bonds is 5. The molecule has 0 aliphatic heterocycles. The van der Waals surface area contributed by atoms with Gasteiger partial charge >= 0.3 is 5.97 Å². The van der Waals surface area contributed by atoms with E-state index in [1.807, 2.05) is 59.3 Å². The van der Waals surface area contributed by atoms with Crippen LogP contribution in [0.4, 0.5) is 0 Å². The van der Waals surface area contributed by atoms with Crippen molar-refractivity contribution >= 4 is 18.4 Å². The third-order valence-electron chi connectivity index (χ3n) is 3.37. The van der Waals surface area contributed by atoms with E-state index < -0.39 is 0 Å². The zero-order chi connectivity index (χ0) is 15.2. The molecule has 0 aliphatic carbocycles. The van der Waals surface area contributed by atoms with Crippen molar-refractivity contribution in [3.8, 4) is 0 Å². The number of imidazole rings is 1. The molecule has 0 fully saturated rings. The summed E-state index contributed by atoms with van der Waals surface area (Å²) >= 11 is 0. The Morgan fingerprint density at radius 3 is 2.30 bits per heavy atom. The van der Waals surface area contributed by atoms with Crippen LogP contribution in [0, 0.1) is 0 Å². The summed E-state index contributed by atoms with van der Waals surface area (Å²) in [5, 5.41) is 0. The Hall–Kier alpha value is -2.59. The van der Waals surface area contributed by atoms with E-state index in [0.717, 1.165) is 5.56 Å². The lowest BCUT2D eigenvalue weighted by atomic mass is 10.1. The molecule has 0 radical (unpaired) electrons. The number of aromatic nitrogens is 2. The molecular weight excluding hydrogens is 312 g/mol. The van der Waals surface area contributed by atoms with Gasteiger partial charge in [-0.05, 0) is 17.7 Å². The van der Waals surface area contributed by atoms with Crippen LogP contribution in [-0.2, 0) is 11.3 Å². The molecule has 2 aromatic carbocycles. The van der Waals surface area contributed by atoms with E-state index in [9.17, 15) is 4.79 Å². The lowest BCUT2D eigenvalue weighted by molar-refractivity contribution is 0.0255. The smallest absolute Gasteiger partial charge is 0.338 e. The first-order valence-electron chi connectivity index (χ1n) is 7.09. The van der Waals surface area contributed by atoms with Crippen LogP contribution in [0.1, 0.15) is 22.0 Å². The van der Waals surface area contributed by atoms with Crippen LogP contribution < -0.4 is 0 Å². The highest BCUT2D eigenvalue weighted by Gasteiger charge is 2.18. The van der Waals surface area contributed by atoms with Crippen molar-refractivity contribution in [2.24, 2.45) is 0 Å². The summed E-state index contributed by atoms with van der Waals surface area (Å²) in [6, 6.07) is 18.8. The molecule has 3 aromatic rings. The molecular formula is C18H17ClN2O2. The van der Waals surface area contributed by atoms with Crippen molar-refractivity contribution < 1.29 is 9.53 Å². The van der Waals surface area contributed by atoms with Crippen molar-refractivity contribution in [1.82, 2.24) is 9.55 Å². The summed E-state index contributed by atoms with van der Waals surface area (Å²) < 4.78 is 7.61. The first kappa shape index (κ1) is 16.8. The van der Waals surface area contributed by atoms with Gasteiger partial charge in [-0.25, -0.2) is 9.78 Å². The summed E-state index contributed by atoms with van der Waals surface area (Å²) in [7, 11) is 0. The molecule has 3 rings (SSSR count). The molecule has 0 amide bonds. The lowest BCUT2D eigenvalue weighted by Crippen LogP contribution is -2.16. The second kappa shape index (κ2) is 8.15. The Labute approximate surface area is 141 Å². The van der Waals surface area contributed by atoms with Gasteiger partial charge in [0.2, 0.25) is 0 Å². The second-order valence-electron chi connectivity index (χ2n) is 4.93. The average Bonchev–Trinajstić information content (AvgIpc) is 3.09. The zero-order valence-corrected chi connectivity index (χ0v) is 13.2. The van der Waals surface area contributed by atoms with Crippen LogP contribution in [-0.4, -0.2) is 15.5 Å². The molecule has 0 spiro atoms. The summed E-state index contributed by atoms with van der Waals surface area (Å²) in [6.45, 7) is 0.530. The van der Waals surface area contributed by atoms with Gasteiger partial charge < -0.3 is 9.30 Å². The number of esters is 1. The first-order chi connectivity index (χ1) is 10.8. The number of ether oxygens (including phenoxy) is 1. The van der Waals surface area contributed by atoms with Gasteiger partial charge in [0.25, 0.3) is 0 Å². The number of nitrogens with zero attached hydrogens (tertiary/aromatic N) is 2. The van der Waals surface area contributed by atoms with Gasteiger partial charge in [-0.15, -0.1) is 12.4 Å². The highest BCUT2D eigenvalue weighted by atomic mass is 35.5. The zero-order valence-electron chi connectivity index (χ0n) is 12.4. The molecule has 0 saturated carbocycles. The molecule has 5 heteroatoms. The summed E-state index contributed by atoms with van der Waals surface area (Å²) in [5.41, 5.74) is 1.51. The minimum atomic E-state index is -0.358. The fraction of sp³-hybridized carbons (Fsp3) is 0.111. The number of halogens is 1. The average molecular weight is 329 g/mol. The quantitative estimate of drug-likeness (QED) is 0.667. The van der Waals surface area contributed by atoms with E-state index in [-0.39, 0.29) is 24.5 Å².